The van der Waals surface area contributed by atoms with Crippen molar-refractivity contribution in [2.45, 2.75) is 18.6 Å². The normalized spacial score (nSPS) is 11.5. The van der Waals surface area contributed by atoms with Gasteiger partial charge >= 0.3 is 15.5 Å². The third-order valence-corrected chi connectivity index (χ3v) is 3.00. The first-order chi connectivity index (χ1) is 4.99. The molecule has 0 heterocycles. The zero-order valence-corrected chi connectivity index (χ0v) is 8.82. The quantitative estimate of drug-likeness (QED) is 0.679. The van der Waals surface area contributed by atoms with Gasteiger partial charge in [0.05, 0.1) is 0 Å². The molecule has 0 saturated heterocycles. The molecule has 0 rings (SSSR count). The van der Waals surface area contributed by atoms with Crippen LogP contribution >= 0.6 is 12.4 Å². The highest BCUT2D eigenvalue weighted by Crippen LogP contribution is 2.22. The highest BCUT2D eigenvalue weighted by molar-refractivity contribution is 6.44. The van der Waals surface area contributed by atoms with Crippen LogP contribution in [0.2, 0.25) is 6.04 Å². The zero-order chi connectivity index (χ0) is 8.91. The van der Waals surface area contributed by atoms with E-state index in [1.54, 1.807) is 0 Å². The first-order valence-electron chi connectivity index (χ1n) is 3.12. The maximum atomic E-state index is 11.6. The van der Waals surface area contributed by atoms with E-state index in [9.17, 15) is 13.2 Å². The van der Waals surface area contributed by atoms with E-state index in [0.717, 1.165) is 0 Å². The molecule has 0 aliphatic heterocycles. The number of rotatable bonds is 4. The van der Waals surface area contributed by atoms with Crippen molar-refractivity contribution < 1.29 is 22.0 Å². The summed E-state index contributed by atoms with van der Waals surface area (Å²) in [5, 5.41) is 0. The van der Waals surface area contributed by atoms with Crippen molar-refractivity contribution in [1.29, 1.82) is 0 Å². The first kappa shape index (κ1) is 14.7. The number of alkyl halides is 3. The topological polar surface area (TPSA) is 18.5 Å². The molecular formula is C5H12ClF3O2Si. The van der Waals surface area contributed by atoms with Crippen LogP contribution in [-0.4, -0.2) is 29.7 Å². The van der Waals surface area contributed by atoms with Gasteiger partial charge in [-0.15, -0.1) is 12.4 Å². The van der Waals surface area contributed by atoms with Crippen LogP contribution < -0.4 is 0 Å². The van der Waals surface area contributed by atoms with Crippen LogP contribution in [0.5, 0.6) is 0 Å². The molecule has 0 radical (unpaired) electrons. The second kappa shape index (κ2) is 6.70. The van der Waals surface area contributed by atoms with Crippen LogP contribution in [0.3, 0.4) is 0 Å². The Morgan fingerprint density at radius 2 is 1.58 bits per heavy atom. The van der Waals surface area contributed by atoms with E-state index in [2.05, 4.69) is 0 Å². The van der Waals surface area contributed by atoms with E-state index in [1.165, 1.54) is 14.2 Å². The largest absolute Gasteiger partial charge is 0.400 e. The molecule has 0 amide bonds. The van der Waals surface area contributed by atoms with Crippen molar-refractivity contribution >= 4 is 21.7 Å². The summed E-state index contributed by atoms with van der Waals surface area (Å²) in [6, 6.07) is -0.0174. The third kappa shape index (κ3) is 8.31. The molecule has 0 spiro atoms. The average molecular weight is 225 g/mol. The van der Waals surface area contributed by atoms with E-state index in [0.29, 0.717) is 0 Å². The Labute approximate surface area is 77.3 Å². The second-order valence-electron chi connectivity index (χ2n) is 2.05. The molecule has 0 aromatic carbocycles. The molecule has 0 saturated carbocycles. The summed E-state index contributed by atoms with van der Waals surface area (Å²) in [5.41, 5.74) is 0. The van der Waals surface area contributed by atoms with Gasteiger partial charge < -0.3 is 8.85 Å². The fraction of sp³-hybridized carbons (Fsp3) is 1.00. The maximum absolute atomic E-state index is 11.6. The fourth-order valence-electron chi connectivity index (χ4n) is 0.613. The molecule has 0 bridgehead atoms. The van der Waals surface area contributed by atoms with E-state index in [4.69, 9.17) is 8.85 Å². The molecule has 0 aliphatic carbocycles. The van der Waals surface area contributed by atoms with Crippen LogP contribution in [0, 0.1) is 0 Å². The van der Waals surface area contributed by atoms with Gasteiger partial charge in [0.15, 0.2) is 0 Å². The summed E-state index contributed by atoms with van der Waals surface area (Å²) in [5.74, 6) is 0. The second-order valence-corrected chi connectivity index (χ2v) is 4.43. The van der Waals surface area contributed by atoms with E-state index in [1.807, 2.05) is 0 Å². The van der Waals surface area contributed by atoms with Gasteiger partial charge in [-0.3, -0.25) is 0 Å². The molecule has 12 heavy (non-hydrogen) atoms. The molecule has 0 N–H and O–H groups in total. The molecule has 7 heteroatoms. The van der Waals surface area contributed by atoms with Gasteiger partial charge in [-0.25, -0.2) is 0 Å². The van der Waals surface area contributed by atoms with E-state index in [-0.39, 0.29) is 18.5 Å². The fourth-order valence-corrected chi connectivity index (χ4v) is 1.84. The maximum Gasteiger partial charge on any atom is 0.389 e. The predicted octanol–water partition coefficient (Wildman–Crippen LogP) is 1.87. The minimum absolute atomic E-state index is 0. The Morgan fingerprint density at radius 1 is 1.17 bits per heavy atom. The summed E-state index contributed by atoms with van der Waals surface area (Å²) in [6.07, 6.45) is -4.91. The van der Waals surface area contributed by atoms with Gasteiger partial charge in [-0.1, -0.05) is 0 Å². The Hall–Kier alpha value is 0.217. The van der Waals surface area contributed by atoms with Crippen LogP contribution in [0.25, 0.3) is 0 Å². The van der Waals surface area contributed by atoms with Gasteiger partial charge in [-0.05, 0) is 6.04 Å². The number of halogens is 4. The molecule has 0 unspecified atom stereocenters. The summed E-state index contributed by atoms with van der Waals surface area (Å²) in [6.45, 7) is 0. The third-order valence-electron chi connectivity index (χ3n) is 1.19. The Balaban J connectivity index is 0. The summed E-state index contributed by atoms with van der Waals surface area (Å²) in [7, 11) is 0.732. The lowest BCUT2D eigenvalue weighted by molar-refractivity contribution is -0.131. The van der Waals surface area contributed by atoms with Crippen molar-refractivity contribution in [3.05, 3.63) is 0 Å². The Morgan fingerprint density at radius 3 is 1.83 bits per heavy atom. The Bertz CT molecular complexity index is 107. The molecule has 76 valence electrons. The molecule has 2 nitrogen and oxygen atoms in total. The minimum atomic E-state index is -4.09. The molecule has 0 aliphatic rings. The summed E-state index contributed by atoms with van der Waals surface area (Å²) in [4.78, 5) is 0. The van der Waals surface area contributed by atoms with E-state index >= 15 is 0 Å². The van der Waals surface area contributed by atoms with Crippen molar-refractivity contribution in [1.82, 2.24) is 0 Å². The average Bonchev–Trinajstić information content (AvgIpc) is 1.88. The predicted molar refractivity (Wildman–Crippen MR) is 43.9 cm³/mol. The van der Waals surface area contributed by atoms with Gasteiger partial charge in [0, 0.05) is 20.6 Å². The lowest BCUT2D eigenvalue weighted by Gasteiger charge is -2.11. The van der Waals surface area contributed by atoms with E-state index < -0.39 is 21.9 Å². The van der Waals surface area contributed by atoms with Gasteiger partial charge in [0.1, 0.15) is 0 Å². The van der Waals surface area contributed by atoms with Crippen LogP contribution in [0.4, 0.5) is 13.2 Å². The van der Waals surface area contributed by atoms with Crippen molar-refractivity contribution in [3.8, 4) is 0 Å². The molecule has 0 aromatic rings. The zero-order valence-electron chi connectivity index (χ0n) is 6.85. The lowest BCUT2D eigenvalue weighted by atomic mass is 10.5. The van der Waals surface area contributed by atoms with Gasteiger partial charge in [0.2, 0.25) is 0 Å². The summed E-state index contributed by atoms with van der Waals surface area (Å²) < 4.78 is 44.2. The minimum Gasteiger partial charge on any atom is -0.400 e. The summed E-state index contributed by atoms with van der Waals surface area (Å²) >= 11 is 0. The van der Waals surface area contributed by atoms with Crippen LogP contribution in [0.15, 0.2) is 0 Å². The first-order valence-corrected chi connectivity index (χ1v) is 4.88. The van der Waals surface area contributed by atoms with Gasteiger partial charge in [0.25, 0.3) is 0 Å². The van der Waals surface area contributed by atoms with Crippen molar-refractivity contribution in [3.63, 3.8) is 0 Å². The molecule has 0 fully saturated rings. The molecular weight excluding hydrogens is 213 g/mol. The van der Waals surface area contributed by atoms with Crippen molar-refractivity contribution in [2.75, 3.05) is 14.2 Å². The number of hydrogen-bond donors (Lipinski definition) is 0. The smallest absolute Gasteiger partial charge is 0.389 e. The molecule has 0 atom stereocenters. The van der Waals surface area contributed by atoms with Crippen molar-refractivity contribution in [2.24, 2.45) is 0 Å². The van der Waals surface area contributed by atoms with Gasteiger partial charge in [-0.2, -0.15) is 13.2 Å². The lowest BCUT2D eigenvalue weighted by Crippen LogP contribution is -2.21. The van der Waals surface area contributed by atoms with Crippen LogP contribution in [-0.2, 0) is 8.85 Å². The highest BCUT2D eigenvalue weighted by atomic mass is 35.5. The number of hydrogen-bond acceptors (Lipinski definition) is 2. The molecule has 0 aromatic heterocycles. The highest BCUT2D eigenvalue weighted by Gasteiger charge is 2.29. The van der Waals surface area contributed by atoms with Crippen LogP contribution in [0.1, 0.15) is 6.42 Å². The standard InChI is InChI=1S/C5H11F3O2Si.ClH/c1-9-11(10-2)4-3-5(6,7)8;/h11H,3-4H2,1-2H3;1H. The SMILES string of the molecule is CO[SiH](CCC(F)(F)F)OC.Cl. The Kier molecular flexibility index (Phi) is 8.23. The monoisotopic (exact) mass is 224 g/mol.